The Morgan fingerprint density at radius 1 is 1.25 bits per heavy atom. The van der Waals surface area contributed by atoms with Gasteiger partial charge in [0.15, 0.2) is 0 Å². The average molecular weight is 233 g/mol. The minimum Gasteiger partial charge on any atom is -0.389 e. The number of hydrogen-bond acceptors (Lipinski definition) is 4. The first-order valence-corrected chi connectivity index (χ1v) is 6.25. The molecule has 0 aromatic carbocycles. The van der Waals surface area contributed by atoms with Gasteiger partial charge in [0.1, 0.15) is 0 Å². The van der Waals surface area contributed by atoms with Gasteiger partial charge in [-0.3, -0.25) is 0 Å². The zero-order valence-corrected chi connectivity index (χ0v) is 10.9. The Kier molecular flexibility index (Phi) is 11.2. The van der Waals surface area contributed by atoms with Crippen LogP contribution < -0.4 is 5.32 Å². The minimum atomic E-state index is -0.420. The fourth-order valence-corrected chi connectivity index (χ4v) is 1.19. The molecule has 2 N–H and O–H groups in total. The van der Waals surface area contributed by atoms with Gasteiger partial charge in [-0.25, -0.2) is 0 Å². The van der Waals surface area contributed by atoms with E-state index in [1.54, 1.807) is 0 Å². The van der Waals surface area contributed by atoms with Crippen molar-refractivity contribution in [2.24, 2.45) is 0 Å². The van der Waals surface area contributed by atoms with Crippen LogP contribution >= 0.6 is 0 Å². The van der Waals surface area contributed by atoms with Crippen LogP contribution in [0.5, 0.6) is 0 Å². The number of rotatable bonds is 11. The van der Waals surface area contributed by atoms with Gasteiger partial charge >= 0.3 is 0 Å². The molecule has 0 amide bonds. The highest BCUT2D eigenvalue weighted by molar-refractivity contribution is 4.58. The van der Waals surface area contributed by atoms with Gasteiger partial charge in [-0.15, -0.1) is 0 Å². The fraction of sp³-hybridized carbons (Fsp3) is 1.00. The Labute approximate surface area is 99.3 Å². The summed E-state index contributed by atoms with van der Waals surface area (Å²) in [5.41, 5.74) is 0. The van der Waals surface area contributed by atoms with Crippen LogP contribution in [0.2, 0.25) is 0 Å². The minimum absolute atomic E-state index is 0.240. The molecule has 98 valence electrons. The van der Waals surface area contributed by atoms with Crippen LogP contribution in [0.15, 0.2) is 0 Å². The molecule has 0 heterocycles. The Hall–Kier alpha value is -0.160. The van der Waals surface area contributed by atoms with E-state index in [2.05, 4.69) is 12.2 Å². The summed E-state index contributed by atoms with van der Waals surface area (Å²) >= 11 is 0. The lowest BCUT2D eigenvalue weighted by molar-refractivity contribution is -0.00991. The summed E-state index contributed by atoms with van der Waals surface area (Å²) in [4.78, 5) is 0. The van der Waals surface area contributed by atoms with Crippen LogP contribution in [0.3, 0.4) is 0 Å². The van der Waals surface area contributed by atoms with Crippen LogP contribution in [0.25, 0.3) is 0 Å². The second-order valence-corrected chi connectivity index (χ2v) is 4.21. The largest absolute Gasteiger partial charge is 0.389 e. The molecule has 0 rings (SSSR count). The SMILES string of the molecule is CCCCNCC(O)COCCOC(C)C. The van der Waals surface area contributed by atoms with Crippen LogP contribution in [-0.2, 0) is 9.47 Å². The molecule has 1 atom stereocenters. The van der Waals surface area contributed by atoms with E-state index >= 15 is 0 Å². The van der Waals surface area contributed by atoms with E-state index in [1.165, 1.54) is 6.42 Å². The molecule has 0 fully saturated rings. The number of aliphatic hydroxyl groups excluding tert-OH is 1. The summed E-state index contributed by atoms with van der Waals surface area (Å²) in [6, 6.07) is 0. The summed E-state index contributed by atoms with van der Waals surface area (Å²) in [7, 11) is 0. The molecule has 0 spiro atoms. The van der Waals surface area contributed by atoms with E-state index in [0.29, 0.717) is 26.4 Å². The second-order valence-electron chi connectivity index (χ2n) is 4.21. The normalized spacial score (nSPS) is 13.3. The summed E-state index contributed by atoms with van der Waals surface area (Å²) in [6.45, 7) is 9.21. The lowest BCUT2D eigenvalue weighted by Gasteiger charge is -2.13. The van der Waals surface area contributed by atoms with Crippen molar-refractivity contribution in [2.45, 2.75) is 45.8 Å². The van der Waals surface area contributed by atoms with Crippen LogP contribution in [0.1, 0.15) is 33.6 Å². The van der Waals surface area contributed by atoms with Crippen molar-refractivity contribution in [3.8, 4) is 0 Å². The summed E-state index contributed by atoms with van der Waals surface area (Å²) < 4.78 is 10.6. The maximum absolute atomic E-state index is 9.53. The molecular weight excluding hydrogens is 206 g/mol. The number of aliphatic hydroxyl groups is 1. The number of ether oxygens (including phenoxy) is 2. The summed E-state index contributed by atoms with van der Waals surface area (Å²) in [5.74, 6) is 0. The third kappa shape index (κ3) is 11.9. The molecule has 0 aliphatic heterocycles. The summed E-state index contributed by atoms with van der Waals surface area (Å²) in [6.07, 6.45) is 2.14. The first kappa shape index (κ1) is 15.8. The van der Waals surface area contributed by atoms with Crippen molar-refractivity contribution in [1.29, 1.82) is 0 Å². The number of nitrogens with one attached hydrogen (secondary N) is 1. The van der Waals surface area contributed by atoms with Crippen LogP contribution in [-0.4, -0.2) is 50.2 Å². The molecule has 1 unspecified atom stereocenters. The zero-order chi connectivity index (χ0) is 12.2. The van der Waals surface area contributed by atoms with Crippen molar-refractivity contribution < 1.29 is 14.6 Å². The highest BCUT2D eigenvalue weighted by Crippen LogP contribution is 1.89. The molecule has 4 heteroatoms. The van der Waals surface area contributed by atoms with Gasteiger partial charge in [-0.2, -0.15) is 0 Å². The number of hydrogen-bond donors (Lipinski definition) is 2. The first-order chi connectivity index (χ1) is 7.66. The third-order valence-corrected chi connectivity index (χ3v) is 2.08. The van der Waals surface area contributed by atoms with Gasteiger partial charge in [-0.1, -0.05) is 13.3 Å². The van der Waals surface area contributed by atoms with Crippen molar-refractivity contribution in [3.05, 3.63) is 0 Å². The van der Waals surface area contributed by atoms with Crippen molar-refractivity contribution >= 4 is 0 Å². The van der Waals surface area contributed by atoms with Gasteiger partial charge in [0.25, 0.3) is 0 Å². The predicted molar refractivity (Wildman–Crippen MR) is 65.7 cm³/mol. The highest BCUT2D eigenvalue weighted by Gasteiger charge is 2.03. The molecule has 0 aliphatic rings. The lowest BCUT2D eigenvalue weighted by Crippen LogP contribution is -2.31. The van der Waals surface area contributed by atoms with E-state index in [9.17, 15) is 5.11 Å². The molecule has 0 saturated carbocycles. The Morgan fingerprint density at radius 2 is 2.00 bits per heavy atom. The first-order valence-electron chi connectivity index (χ1n) is 6.25. The van der Waals surface area contributed by atoms with Crippen molar-refractivity contribution in [3.63, 3.8) is 0 Å². The smallest absolute Gasteiger partial charge is 0.0897 e. The molecule has 16 heavy (non-hydrogen) atoms. The highest BCUT2D eigenvalue weighted by atomic mass is 16.5. The average Bonchev–Trinajstić information content (AvgIpc) is 2.23. The molecule has 0 saturated heterocycles. The van der Waals surface area contributed by atoms with Crippen molar-refractivity contribution in [2.75, 3.05) is 32.9 Å². The fourth-order valence-electron chi connectivity index (χ4n) is 1.19. The third-order valence-electron chi connectivity index (χ3n) is 2.08. The second kappa shape index (κ2) is 11.3. The number of unbranched alkanes of at least 4 members (excludes halogenated alkanes) is 1. The monoisotopic (exact) mass is 233 g/mol. The van der Waals surface area contributed by atoms with Gasteiger partial charge in [0.05, 0.1) is 32.0 Å². The van der Waals surface area contributed by atoms with E-state index in [1.807, 2.05) is 13.8 Å². The Bertz CT molecular complexity index is 142. The Balaban J connectivity index is 3.14. The van der Waals surface area contributed by atoms with Crippen LogP contribution in [0, 0.1) is 0 Å². The lowest BCUT2D eigenvalue weighted by atomic mass is 10.3. The molecule has 0 radical (unpaired) electrons. The molecule has 0 bridgehead atoms. The molecule has 0 aliphatic carbocycles. The van der Waals surface area contributed by atoms with E-state index in [-0.39, 0.29) is 6.10 Å². The molecular formula is C12H27NO3. The maximum atomic E-state index is 9.53. The molecule has 0 aromatic heterocycles. The summed E-state index contributed by atoms with van der Waals surface area (Å²) in [5, 5.41) is 12.7. The van der Waals surface area contributed by atoms with E-state index in [0.717, 1.165) is 13.0 Å². The zero-order valence-electron chi connectivity index (χ0n) is 10.9. The quantitative estimate of drug-likeness (QED) is 0.526. The van der Waals surface area contributed by atoms with Crippen LogP contribution in [0.4, 0.5) is 0 Å². The van der Waals surface area contributed by atoms with Gasteiger partial charge < -0.3 is 19.9 Å². The molecule has 4 nitrogen and oxygen atoms in total. The standard InChI is InChI=1S/C12H27NO3/c1-4-5-6-13-9-12(14)10-15-7-8-16-11(2)3/h11-14H,4-10H2,1-3H3. The maximum Gasteiger partial charge on any atom is 0.0897 e. The van der Waals surface area contributed by atoms with E-state index < -0.39 is 6.10 Å². The molecule has 0 aromatic rings. The predicted octanol–water partition coefficient (Wildman–Crippen LogP) is 1.18. The van der Waals surface area contributed by atoms with Gasteiger partial charge in [0.2, 0.25) is 0 Å². The van der Waals surface area contributed by atoms with Gasteiger partial charge in [0, 0.05) is 6.54 Å². The Morgan fingerprint density at radius 3 is 2.62 bits per heavy atom. The topological polar surface area (TPSA) is 50.7 Å². The van der Waals surface area contributed by atoms with Gasteiger partial charge in [-0.05, 0) is 26.8 Å². The van der Waals surface area contributed by atoms with Crippen molar-refractivity contribution in [1.82, 2.24) is 5.32 Å². The van der Waals surface area contributed by atoms with E-state index in [4.69, 9.17) is 9.47 Å².